The molecule has 1 saturated heterocycles. The molecule has 112 valence electrons. The summed E-state index contributed by atoms with van der Waals surface area (Å²) in [5.74, 6) is 0.818. The van der Waals surface area contributed by atoms with Crippen LogP contribution in [0, 0.1) is 6.92 Å². The smallest absolute Gasteiger partial charge is 0.119 e. The molecule has 0 spiro atoms. The number of rotatable bonds is 6. The van der Waals surface area contributed by atoms with Crippen LogP contribution in [0.4, 0.5) is 0 Å². The van der Waals surface area contributed by atoms with Crippen LogP contribution in [0.2, 0.25) is 0 Å². The summed E-state index contributed by atoms with van der Waals surface area (Å²) < 4.78 is 10.8. The maximum absolute atomic E-state index is 10.6. The van der Waals surface area contributed by atoms with Crippen molar-refractivity contribution in [3.05, 3.63) is 29.8 Å². The summed E-state index contributed by atoms with van der Waals surface area (Å²) in [6.07, 6.45) is 1.79. The van der Waals surface area contributed by atoms with Gasteiger partial charge in [0.2, 0.25) is 0 Å². The Morgan fingerprint density at radius 1 is 1.30 bits per heavy atom. The lowest BCUT2D eigenvalue weighted by molar-refractivity contribution is -0.0632. The number of piperidine rings is 1. The molecule has 0 aromatic heterocycles. The fourth-order valence-electron chi connectivity index (χ4n) is 2.59. The molecule has 0 radical (unpaired) electrons. The van der Waals surface area contributed by atoms with E-state index in [1.807, 2.05) is 31.2 Å². The van der Waals surface area contributed by atoms with Crippen molar-refractivity contribution in [2.24, 2.45) is 0 Å². The normalized spacial score (nSPS) is 23.8. The molecule has 0 saturated carbocycles. The molecule has 0 unspecified atom stereocenters. The van der Waals surface area contributed by atoms with Crippen LogP contribution in [0.5, 0.6) is 5.75 Å². The van der Waals surface area contributed by atoms with Crippen LogP contribution in [0.25, 0.3) is 0 Å². The minimum Gasteiger partial charge on any atom is -0.491 e. The van der Waals surface area contributed by atoms with E-state index < -0.39 is 5.60 Å². The largest absolute Gasteiger partial charge is 0.491 e. The number of benzene rings is 1. The number of β-amino-alcohol motifs (C(OH)–C–C–N with tert-alkyl or cyclic N) is 1. The van der Waals surface area contributed by atoms with Gasteiger partial charge in [-0.2, -0.15) is 0 Å². The van der Waals surface area contributed by atoms with Crippen molar-refractivity contribution in [2.75, 3.05) is 40.0 Å². The first kappa shape index (κ1) is 15.3. The lowest BCUT2D eigenvalue weighted by Crippen LogP contribution is -2.52. The number of nitrogens with zero attached hydrogens (tertiary/aromatic N) is 1. The van der Waals surface area contributed by atoms with Crippen molar-refractivity contribution >= 4 is 0 Å². The highest BCUT2D eigenvalue weighted by Gasteiger charge is 2.33. The number of methoxy groups -OCH3 is 1. The Balaban J connectivity index is 1.85. The molecule has 4 heteroatoms. The summed E-state index contributed by atoms with van der Waals surface area (Å²) in [5, 5.41) is 10.6. The average molecular weight is 279 g/mol. The van der Waals surface area contributed by atoms with E-state index in [0.717, 1.165) is 31.7 Å². The summed E-state index contributed by atoms with van der Waals surface area (Å²) in [7, 11) is 1.71. The van der Waals surface area contributed by atoms with E-state index in [9.17, 15) is 5.11 Å². The molecule has 0 aliphatic carbocycles. The maximum Gasteiger partial charge on any atom is 0.119 e. The van der Waals surface area contributed by atoms with Gasteiger partial charge in [-0.15, -0.1) is 0 Å². The standard InChI is InChI=1S/C16H25NO3/c1-14-4-6-15(7-5-14)20-13-16(18)8-3-9-17(12-16)10-11-19-2/h4-7,18H,3,8-13H2,1-2H3/t16-/m0/s1. The SMILES string of the molecule is COCCN1CCC[C@@](O)(COc2ccc(C)cc2)C1. The molecule has 1 aliphatic rings. The molecule has 1 aromatic rings. The molecule has 1 N–H and O–H groups in total. The Kier molecular flexibility index (Phi) is 5.40. The zero-order valence-corrected chi connectivity index (χ0v) is 12.5. The average Bonchev–Trinajstić information content (AvgIpc) is 2.45. The zero-order valence-electron chi connectivity index (χ0n) is 12.5. The highest BCUT2D eigenvalue weighted by atomic mass is 16.5. The lowest BCUT2D eigenvalue weighted by atomic mass is 9.94. The minimum absolute atomic E-state index is 0.347. The molecular weight excluding hydrogens is 254 g/mol. The predicted octanol–water partition coefficient (Wildman–Crippen LogP) is 1.85. The van der Waals surface area contributed by atoms with Gasteiger partial charge in [0, 0.05) is 20.2 Å². The third kappa shape index (κ3) is 4.47. The van der Waals surface area contributed by atoms with E-state index in [0.29, 0.717) is 19.8 Å². The summed E-state index contributed by atoms with van der Waals surface area (Å²) in [4.78, 5) is 2.24. The first-order valence-electron chi connectivity index (χ1n) is 7.24. The number of ether oxygens (including phenoxy) is 2. The van der Waals surface area contributed by atoms with Gasteiger partial charge in [-0.25, -0.2) is 0 Å². The lowest BCUT2D eigenvalue weighted by Gasteiger charge is -2.38. The van der Waals surface area contributed by atoms with Crippen LogP contribution in [0.1, 0.15) is 18.4 Å². The zero-order chi connectivity index (χ0) is 14.4. The first-order chi connectivity index (χ1) is 9.61. The third-order valence-electron chi connectivity index (χ3n) is 3.77. The molecule has 0 amide bonds. The van der Waals surface area contributed by atoms with Crippen LogP contribution in [-0.4, -0.2) is 55.6 Å². The highest BCUT2D eigenvalue weighted by Crippen LogP contribution is 2.23. The van der Waals surface area contributed by atoms with Crippen LogP contribution in [-0.2, 0) is 4.74 Å². The summed E-state index contributed by atoms with van der Waals surface area (Å²) in [5.41, 5.74) is 0.455. The Labute approximate surface area is 121 Å². The molecule has 20 heavy (non-hydrogen) atoms. The second-order valence-electron chi connectivity index (χ2n) is 5.70. The quantitative estimate of drug-likeness (QED) is 0.863. The summed E-state index contributed by atoms with van der Waals surface area (Å²) in [6.45, 7) is 5.64. The van der Waals surface area contributed by atoms with Crippen LogP contribution < -0.4 is 4.74 Å². The summed E-state index contributed by atoms with van der Waals surface area (Å²) >= 11 is 0. The van der Waals surface area contributed by atoms with E-state index >= 15 is 0 Å². The van der Waals surface area contributed by atoms with Gasteiger partial charge in [-0.1, -0.05) is 17.7 Å². The van der Waals surface area contributed by atoms with Crippen LogP contribution in [0.3, 0.4) is 0 Å². The van der Waals surface area contributed by atoms with Gasteiger partial charge >= 0.3 is 0 Å². The van der Waals surface area contributed by atoms with Gasteiger partial charge in [0.15, 0.2) is 0 Å². The molecule has 2 rings (SSSR count). The monoisotopic (exact) mass is 279 g/mol. The topological polar surface area (TPSA) is 41.9 Å². The van der Waals surface area contributed by atoms with E-state index in [-0.39, 0.29) is 0 Å². The van der Waals surface area contributed by atoms with Crippen molar-refractivity contribution in [3.63, 3.8) is 0 Å². The van der Waals surface area contributed by atoms with Crippen molar-refractivity contribution in [1.29, 1.82) is 0 Å². The van der Waals surface area contributed by atoms with E-state index in [1.165, 1.54) is 5.56 Å². The van der Waals surface area contributed by atoms with Gasteiger partial charge in [0.1, 0.15) is 18.0 Å². The van der Waals surface area contributed by atoms with E-state index in [1.54, 1.807) is 7.11 Å². The second kappa shape index (κ2) is 7.07. The maximum atomic E-state index is 10.6. The Hall–Kier alpha value is -1.10. The van der Waals surface area contributed by atoms with Crippen molar-refractivity contribution in [2.45, 2.75) is 25.4 Å². The minimum atomic E-state index is -0.753. The van der Waals surface area contributed by atoms with Gasteiger partial charge in [0.25, 0.3) is 0 Å². The van der Waals surface area contributed by atoms with E-state index in [2.05, 4.69) is 4.90 Å². The predicted molar refractivity (Wildman–Crippen MR) is 79.2 cm³/mol. The van der Waals surface area contributed by atoms with E-state index in [4.69, 9.17) is 9.47 Å². The molecule has 1 heterocycles. The number of hydrogen-bond acceptors (Lipinski definition) is 4. The van der Waals surface area contributed by atoms with Crippen molar-refractivity contribution < 1.29 is 14.6 Å². The highest BCUT2D eigenvalue weighted by molar-refractivity contribution is 5.26. The number of aryl methyl sites for hydroxylation is 1. The molecule has 4 nitrogen and oxygen atoms in total. The first-order valence-corrected chi connectivity index (χ1v) is 7.24. The Morgan fingerprint density at radius 2 is 2.05 bits per heavy atom. The number of likely N-dealkylation sites (tertiary alicyclic amines) is 1. The van der Waals surface area contributed by atoms with Crippen LogP contribution >= 0.6 is 0 Å². The molecule has 0 bridgehead atoms. The van der Waals surface area contributed by atoms with Crippen molar-refractivity contribution in [1.82, 2.24) is 4.90 Å². The third-order valence-corrected chi connectivity index (χ3v) is 3.77. The number of aliphatic hydroxyl groups is 1. The molecule has 1 aromatic carbocycles. The van der Waals surface area contributed by atoms with Gasteiger partial charge < -0.3 is 14.6 Å². The second-order valence-corrected chi connectivity index (χ2v) is 5.70. The van der Waals surface area contributed by atoms with Crippen LogP contribution in [0.15, 0.2) is 24.3 Å². The molecular formula is C16H25NO3. The fraction of sp³-hybridized carbons (Fsp3) is 0.625. The Bertz CT molecular complexity index is 407. The molecule has 1 fully saturated rings. The molecule has 1 aliphatic heterocycles. The van der Waals surface area contributed by atoms with Gasteiger partial charge in [0.05, 0.1) is 6.61 Å². The summed E-state index contributed by atoms with van der Waals surface area (Å²) in [6, 6.07) is 7.94. The Morgan fingerprint density at radius 3 is 2.75 bits per heavy atom. The van der Waals surface area contributed by atoms with Crippen molar-refractivity contribution in [3.8, 4) is 5.75 Å². The van der Waals surface area contributed by atoms with Gasteiger partial charge in [-0.05, 0) is 38.4 Å². The number of hydrogen-bond donors (Lipinski definition) is 1. The molecule has 1 atom stereocenters. The fourth-order valence-corrected chi connectivity index (χ4v) is 2.59. The van der Waals surface area contributed by atoms with Gasteiger partial charge in [-0.3, -0.25) is 4.90 Å².